The van der Waals surface area contributed by atoms with E-state index in [0.29, 0.717) is 25.2 Å². The number of nitrogens with one attached hydrogen (secondary N) is 1. The third-order valence-electron chi connectivity index (χ3n) is 5.47. The number of amides is 1. The van der Waals surface area contributed by atoms with E-state index in [4.69, 9.17) is 0 Å². The summed E-state index contributed by atoms with van der Waals surface area (Å²) in [6.45, 7) is 2.44. The highest BCUT2D eigenvalue weighted by molar-refractivity contribution is 7.89. The monoisotopic (exact) mass is 420 g/mol. The van der Waals surface area contributed by atoms with E-state index in [1.54, 1.807) is 25.1 Å². The van der Waals surface area contributed by atoms with Crippen LogP contribution in [0.4, 0.5) is 5.69 Å². The molecule has 0 bridgehead atoms. The quantitative estimate of drug-likeness (QED) is 0.624. The largest absolute Gasteiger partial charge is 0.325 e. The van der Waals surface area contributed by atoms with Crippen molar-refractivity contribution in [1.29, 1.82) is 0 Å². The molecule has 154 valence electrons. The minimum Gasteiger partial charge on any atom is -0.325 e. The van der Waals surface area contributed by atoms with Gasteiger partial charge in [-0.1, -0.05) is 60.7 Å². The second-order valence-corrected chi connectivity index (χ2v) is 9.46. The predicted octanol–water partition coefficient (Wildman–Crippen LogP) is 4.18. The minimum atomic E-state index is -3.74. The van der Waals surface area contributed by atoms with Crippen molar-refractivity contribution in [2.24, 2.45) is 0 Å². The van der Waals surface area contributed by atoms with Gasteiger partial charge in [-0.3, -0.25) is 4.79 Å². The molecule has 3 aromatic rings. The molecule has 1 aliphatic rings. The Morgan fingerprint density at radius 3 is 2.20 bits per heavy atom. The Morgan fingerprint density at radius 1 is 0.900 bits per heavy atom. The highest BCUT2D eigenvalue weighted by Gasteiger charge is 2.30. The first-order valence-electron chi connectivity index (χ1n) is 9.98. The fourth-order valence-electron chi connectivity index (χ4n) is 3.67. The lowest BCUT2D eigenvalue weighted by atomic mass is 10.0. The van der Waals surface area contributed by atoms with Crippen molar-refractivity contribution in [2.45, 2.75) is 30.7 Å². The molecule has 30 heavy (non-hydrogen) atoms. The van der Waals surface area contributed by atoms with E-state index in [-0.39, 0.29) is 16.7 Å². The van der Waals surface area contributed by atoms with Gasteiger partial charge in [-0.05, 0) is 48.2 Å². The standard InChI is InChI=1S/C24H24N2O3S/c1-18-22-16-21(12-13-23(22)25-24(18)27)30(28,29)26(17-20-10-6-3-7-11-20)15-14-19-8-4-2-5-9-19/h2-13,16,18H,14-15,17H2,1H3,(H,25,27)/t18-/m0/s1. The SMILES string of the molecule is C[C@@H]1C(=O)Nc2ccc(S(=O)(=O)N(CCc3ccccc3)Cc3ccccc3)cc21. The van der Waals surface area contributed by atoms with Crippen molar-refractivity contribution >= 4 is 21.6 Å². The van der Waals surface area contributed by atoms with Gasteiger partial charge in [0.25, 0.3) is 0 Å². The maximum atomic E-state index is 13.6. The number of carbonyl (C=O) groups excluding carboxylic acids is 1. The van der Waals surface area contributed by atoms with Crippen LogP contribution in [0.3, 0.4) is 0 Å². The summed E-state index contributed by atoms with van der Waals surface area (Å²) in [4.78, 5) is 12.2. The molecule has 3 aromatic carbocycles. The Kier molecular flexibility index (Phi) is 5.70. The van der Waals surface area contributed by atoms with Crippen LogP contribution in [0.2, 0.25) is 0 Å². The number of hydrogen-bond acceptors (Lipinski definition) is 3. The maximum Gasteiger partial charge on any atom is 0.243 e. The Morgan fingerprint density at radius 2 is 1.53 bits per heavy atom. The molecule has 1 heterocycles. The zero-order valence-corrected chi connectivity index (χ0v) is 17.6. The van der Waals surface area contributed by atoms with Gasteiger partial charge in [0.2, 0.25) is 15.9 Å². The summed E-state index contributed by atoms with van der Waals surface area (Å²) < 4.78 is 28.7. The Bertz CT molecular complexity index is 1150. The number of benzene rings is 3. The molecule has 1 amide bonds. The topological polar surface area (TPSA) is 66.5 Å². The molecule has 0 unspecified atom stereocenters. The van der Waals surface area contributed by atoms with Gasteiger partial charge < -0.3 is 5.32 Å². The van der Waals surface area contributed by atoms with Crippen LogP contribution < -0.4 is 5.32 Å². The van der Waals surface area contributed by atoms with E-state index in [1.165, 1.54) is 4.31 Å². The summed E-state index contributed by atoms with van der Waals surface area (Å²) in [5.74, 6) is -0.466. The van der Waals surface area contributed by atoms with E-state index in [1.807, 2.05) is 60.7 Å². The zero-order chi connectivity index (χ0) is 21.1. The van der Waals surface area contributed by atoms with Crippen LogP contribution in [-0.4, -0.2) is 25.2 Å². The molecule has 0 saturated carbocycles. The average molecular weight is 421 g/mol. The molecule has 4 rings (SSSR count). The highest BCUT2D eigenvalue weighted by Crippen LogP contribution is 2.34. The van der Waals surface area contributed by atoms with Crippen LogP contribution in [0.5, 0.6) is 0 Å². The molecule has 0 fully saturated rings. The third kappa shape index (κ3) is 4.15. The molecule has 0 radical (unpaired) electrons. The molecule has 6 heteroatoms. The van der Waals surface area contributed by atoms with Crippen molar-refractivity contribution in [2.75, 3.05) is 11.9 Å². The molecule has 0 aromatic heterocycles. The van der Waals surface area contributed by atoms with Gasteiger partial charge in [-0.2, -0.15) is 4.31 Å². The van der Waals surface area contributed by atoms with Crippen molar-refractivity contribution in [3.8, 4) is 0 Å². The molecule has 1 N–H and O–H groups in total. The van der Waals surface area contributed by atoms with Gasteiger partial charge in [-0.25, -0.2) is 8.42 Å². The number of anilines is 1. The van der Waals surface area contributed by atoms with Gasteiger partial charge in [-0.15, -0.1) is 0 Å². The molecule has 0 aliphatic carbocycles. The first-order chi connectivity index (χ1) is 14.4. The number of sulfonamides is 1. The first kappa shape index (κ1) is 20.3. The van der Waals surface area contributed by atoms with Gasteiger partial charge in [0.05, 0.1) is 10.8 Å². The molecule has 0 saturated heterocycles. The normalized spacial score (nSPS) is 15.8. The number of hydrogen-bond donors (Lipinski definition) is 1. The van der Waals surface area contributed by atoms with Crippen LogP contribution >= 0.6 is 0 Å². The van der Waals surface area contributed by atoms with E-state index in [2.05, 4.69) is 5.32 Å². The van der Waals surface area contributed by atoms with Gasteiger partial charge >= 0.3 is 0 Å². The van der Waals surface area contributed by atoms with Crippen molar-refractivity contribution in [3.05, 3.63) is 95.6 Å². The van der Waals surface area contributed by atoms with E-state index in [9.17, 15) is 13.2 Å². The lowest BCUT2D eigenvalue weighted by Gasteiger charge is -2.23. The van der Waals surface area contributed by atoms with Gasteiger partial charge in [0.15, 0.2) is 0 Å². The molecular formula is C24H24N2O3S. The fourth-order valence-corrected chi connectivity index (χ4v) is 5.14. The number of rotatable bonds is 7. The smallest absolute Gasteiger partial charge is 0.243 e. The molecule has 5 nitrogen and oxygen atoms in total. The summed E-state index contributed by atoms with van der Waals surface area (Å²) in [5, 5.41) is 2.79. The van der Waals surface area contributed by atoms with Crippen LogP contribution in [0.25, 0.3) is 0 Å². The van der Waals surface area contributed by atoms with Gasteiger partial charge in [0.1, 0.15) is 0 Å². The van der Waals surface area contributed by atoms with Crippen molar-refractivity contribution in [1.82, 2.24) is 4.31 Å². The average Bonchev–Trinajstić information content (AvgIpc) is 3.05. The second kappa shape index (κ2) is 8.42. The minimum absolute atomic E-state index is 0.107. The molecule has 1 aliphatic heterocycles. The van der Waals surface area contributed by atoms with E-state index < -0.39 is 10.0 Å². The van der Waals surface area contributed by atoms with E-state index in [0.717, 1.165) is 16.7 Å². The van der Waals surface area contributed by atoms with E-state index >= 15 is 0 Å². The lowest BCUT2D eigenvalue weighted by molar-refractivity contribution is -0.116. The Balaban J connectivity index is 1.65. The maximum absolute atomic E-state index is 13.6. The predicted molar refractivity (Wildman–Crippen MR) is 118 cm³/mol. The lowest BCUT2D eigenvalue weighted by Crippen LogP contribution is -2.32. The summed E-state index contributed by atoms with van der Waals surface area (Å²) in [6, 6.07) is 24.3. The van der Waals surface area contributed by atoms with Crippen molar-refractivity contribution in [3.63, 3.8) is 0 Å². The highest BCUT2D eigenvalue weighted by atomic mass is 32.2. The number of nitrogens with zero attached hydrogens (tertiary/aromatic N) is 1. The number of fused-ring (bicyclic) bond motifs is 1. The van der Waals surface area contributed by atoms with Crippen LogP contribution in [-0.2, 0) is 27.8 Å². The Labute approximate surface area is 177 Å². The molecule has 1 atom stereocenters. The molecule has 0 spiro atoms. The summed E-state index contributed by atoms with van der Waals surface area (Å²) in [6.07, 6.45) is 0.619. The Hall–Kier alpha value is -2.96. The van der Waals surface area contributed by atoms with Crippen molar-refractivity contribution < 1.29 is 13.2 Å². The van der Waals surface area contributed by atoms with Crippen LogP contribution in [0, 0.1) is 0 Å². The second-order valence-electron chi connectivity index (χ2n) is 7.52. The van der Waals surface area contributed by atoms with Crippen LogP contribution in [0.15, 0.2) is 83.8 Å². The summed E-state index contributed by atoms with van der Waals surface area (Å²) in [7, 11) is -3.74. The third-order valence-corrected chi connectivity index (χ3v) is 7.31. The summed E-state index contributed by atoms with van der Waals surface area (Å²) >= 11 is 0. The van der Waals surface area contributed by atoms with Crippen LogP contribution in [0.1, 0.15) is 29.5 Å². The van der Waals surface area contributed by atoms with Gasteiger partial charge in [0, 0.05) is 18.8 Å². The molecular weight excluding hydrogens is 396 g/mol. The number of carbonyl (C=O) groups is 1. The fraction of sp³-hybridized carbons (Fsp3) is 0.208. The first-order valence-corrected chi connectivity index (χ1v) is 11.4. The summed E-state index contributed by atoms with van der Waals surface area (Å²) in [5.41, 5.74) is 3.43. The zero-order valence-electron chi connectivity index (χ0n) is 16.8.